The molecule has 1 heterocycles. The number of hydrogen-bond donors (Lipinski definition) is 1. The molecule has 14 heavy (non-hydrogen) atoms. The fraction of sp³-hybridized carbons (Fsp3) is 0.600. The molecule has 2 unspecified atom stereocenters. The number of nitrogens with zero attached hydrogens (tertiary/aromatic N) is 3. The minimum Gasteiger partial charge on any atom is -0.386 e. The third kappa shape index (κ3) is 1.85. The molecule has 4 nitrogen and oxygen atoms in total. The molecule has 1 N–H and O–H groups in total. The zero-order chi connectivity index (χ0) is 9.97. The van der Waals surface area contributed by atoms with E-state index in [1.54, 1.807) is 10.9 Å². The number of aliphatic hydroxyl groups excluding tert-OH is 1. The van der Waals surface area contributed by atoms with Gasteiger partial charge in [-0.05, 0) is 25.2 Å². The number of aliphatic hydroxyl groups is 1. The molecule has 0 spiro atoms. The Balaban J connectivity index is 2.07. The van der Waals surface area contributed by atoms with Gasteiger partial charge in [-0.25, -0.2) is 0 Å². The molecule has 0 amide bonds. The van der Waals surface area contributed by atoms with Gasteiger partial charge in [-0.15, -0.1) is 5.10 Å². The second-order valence-electron chi connectivity index (χ2n) is 3.81. The monoisotopic (exact) mass is 193 g/mol. The molecule has 2 atom stereocenters. The molecule has 0 fully saturated rings. The summed E-state index contributed by atoms with van der Waals surface area (Å²) in [6, 6.07) is 0. The van der Waals surface area contributed by atoms with E-state index >= 15 is 0 Å². The fourth-order valence-corrected chi connectivity index (χ4v) is 1.85. The first-order chi connectivity index (χ1) is 6.77. The van der Waals surface area contributed by atoms with Crippen molar-refractivity contribution < 1.29 is 5.11 Å². The number of rotatable bonds is 2. The minimum absolute atomic E-state index is 0.302. The lowest BCUT2D eigenvalue weighted by Crippen LogP contribution is -2.14. The third-order valence-corrected chi connectivity index (χ3v) is 2.68. The average molecular weight is 193 g/mol. The molecular formula is C10H15N3O. The van der Waals surface area contributed by atoms with Crippen LogP contribution < -0.4 is 0 Å². The predicted molar refractivity (Wildman–Crippen MR) is 52.4 cm³/mol. The molecule has 0 saturated carbocycles. The quantitative estimate of drug-likeness (QED) is 0.718. The molecule has 4 heteroatoms. The molecule has 0 saturated heterocycles. The van der Waals surface area contributed by atoms with Crippen LogP contribution in [0.2, 0.25) is 0 Å². The molecule has 1 aromatic rings. The van der Waals surface area contributed by atoms with E-state index < -0.39 is 6.10 Å². The number of hydrogen-bond acceptors (Lipinski definition) is 3. The van der Waals surface area contributed by atoms with E-state index in [2.05, 4.69) is 22.5 Å². The van der Waals surface area contributed by atoms with E-state index in [0.717, 1.165) is 19.3 Å². The Morgan fingerprint density at radius 2 is 2.43 bits per heavy atom. The van der Waals surface area contributed by atoms with E-state index in [1.807, 2.05) is 7.05 Å². The van der Waals surface area contributed by atoms with Crippen molar-refractivity contribution in [3.63, 3.8) is 0 Å². The second kappa shape index (κ2) is 3.92. The summed E-state index contributed by atoms with van der Waals surface area (Å²) in [4.78, 5) is 0. The number of aryl methyl sites for hydroxylation is 1. The van der Waals surface area contributed by atoms with Gasteiger partial charge in [0.2, 0.25) is 0 Å². The molecule has 0 aromatic carbocycles. The van der Waals surface area contributed by atoms with E-state index in [0.29, 0.717) is 11.6 Å². The van der Waals surface area contributed by atoms with Crippen molar-refractivity contribution >= 4 is 0 Å². The van der Waals surface area contributed by atoms with Crippen LogP contribution in [0.4, 0.5) is 0 Å². The highest BCUT2D eigenvalue weighted by atomic mass is 16.3. The Morgan fingerprint density at radius 1 is 1.57 bits per heavy atom. The lowest BCUT2D eigenvalue weighted by atomic mass is 9.88. The van der Waals surface area contributed by atoms with Gasteiger partial charge in [0.25, 0.3) is 0 Å². The van der Waals surface area contributed by atoms with Crippen LogP contribution >= 0.6 is 0 Å². The Kier molecular flexibility index (Phi) is 2.63. The Hall–Kier alpha value is -1.16. The van der Waals surface area contributed by atoms with Crippen LogP contribution in [-0.4, -0.2) is 20.1 Å². The Morgan fingerprint density at radius 3 is 3.00 bits per heavy atom. The largest absolute Gasteiger partial charge is 0.386 e. The van der Waals surface area contributed by atoms with Crippen LogP contribution in [0.1, 0.15) is 31.1 Å². The van der Waals surface area contributed by atoms with Gasteiger partial charge in [0.05, 0.1) is 6.20 Å². The fourth-order valence-electron chi connectivity index (χ4n) is 1.85. The zero-order valence-corrected chi connectivity index (χ0v) is 8.30. The van der Waals surface area contributed by atoms with Crippen molar-refractivity contribution in [2.24, 2.45) is 13.0 Å². The van der Waals surface area contributed by atoms with Gasteiger partial charge in [0.15, 0.2) is 0 Å². The Bertz CT molecular complexity index is 332. The minimum atomic E-state index is -0.464. The van der Waals surface area contributed by atoms with E-state index in [1.165, 1.54) is 0 Å². The summed E-state index contributed by atoms with van der Waals surface area (Å²) in [5.41, 5.74) is 0.688. The van der Waals surface area contributed by atoms with Crippen molar-refractivity contribution in [2.75, 3.05) is 0 Å². The van der Waals surface area contributed by atoms with Gasteiger partial charge in [-0.3, -0.25) is 4.68 Å². The van der Waals surface area contributed by atoms with Crippen molar-refractivity contribution in [3.8, 4) is 0 Å². The normalized spacial score (nSPS) is 23.7. The number of aromatic nitrogens is 3. The standard InChI is InChI=1S/C10H15N3O/c1-13-7-9(11-12-13)10(14)8-5-3-2-4-6-8/h2-3,7-8,10,14H,4-6H2,1H3. The molecule has 1 aromatic heterocycles. The van der Waals surface area contributed by atoms with Crippen LogP contribution in [0, 0.1) is 5.92 Å². The van der Waals surface area contributed by atoms with E-state index in [9.17, 15) is 5.11 Å². The van der Waals surface area contributed by atoms with Crippen molar-refractivity contribution in [1.82, 2.24) is 15.0 Å². The maximum Gasteiger partial charge on any atom is 0.111 e. The summed E-state index contributed by atoms with van der Waals surface area (Å²) in [6.45, 7) is 0. The van der Waals surface area contributed by atoms with Gasteiger partial charge in [-0.1, -0.05) is 17.4 Å². The maximum absolute atomic E-state index is 10.0. The first-order valence-electron chi connectivity index (χ1n) is 4.96. The first-order valence-corrected chi connectivity index (χ1v) is 4.96. The van der Waals surface area contributed by atoms with Crippen LogP contribution in [0.5, 0.6) is 0 Å². The smallest absolute Gasteiger partial charge is 0.111 e. The zero-order valence-electron chi connectivity index (χ0n) is 8.30. The SMILES string of the molecule is Cn1cc(C(O)C2CC=CCC2)nn1. The maximum atomic E-state index is 10.0. The lowest BCUT2D eigenvalue weighted by Gasteiger charge is -2.21. The van der Waals surface area contributed by atoms with Gasteiger partial charge < -0.3 is 5.11 Å². The summed E-state index contributed by atoms with van der Waals surface area (Å²) in [7, 11) is 1.81. The van der Waals surface area contributed by atoms with Crippen molar-refractivity contribution in [3.05, 3.63) is 24.0 Å². The van der Waals surface area contributed by atoms with Gasteiger partial charge in [-0.2, -0.15) is 0 Å². The lowest BCUT2D eigenvalue weighted by molar-refractivity contribution is 0.0983. The molecule has 0 radical (unpaired) electrons. The molecule has 1 aliphatic carbocycles. The summed E-state index contributed by atoms with van der Waals surface area (Å²) in [5.74, 6) is 0.302. The highest BCUT2D eigenvalue weighted by Gasteiger charge is 2.23. The molecule has 76 valence electrons. The summed E-state index contributed by atoms with van der Waals surface area (Å²) < 4.78 is 1.62. The highest BCUT2D eigenvalue weighted by Crippen LogP contribution is 2.30. The Labute approximate surface area is 83.2 Å². The third-order valence-electron chi connectivity index (χ3n) is 2.68. The van der Waals surface area contributed by atoms with Crippen molar-refractivity contribution in [1.29, 1.82) is 0 Å². The molecule has 1 aliphatic rings. The summed E-state index contributed by atoms with van der Waals surface area (Å²) in [6.07, 6.45) is 8.65. The predicted octanol–water partition coefficient (Wildman–Crippen LogP) is 1.20. The van der Waals surface area contributed by atoms with Crippen LogP contribution in [0.3, 0.4) is 0 Å². The summed E-state index contributed by atoms with van der Waals surface area (Å²) >= 11 is 0. The van der Waals surface area contributed by atoms with Crippen molar-refractivity contribution in [2.45, 2.75) is 25.4 Å². The van der Waals surface area contributed by atoms with Crippen LogP contribution in [0.15, 0.2) is 18.3 Å². The molecule has 0 bridgehead atoms. The first kappa shape index (κ1) is 9.40. The van der Waals surface area contributed by atoms with Gasteiger partial charge in [0.1, 0.15) is 11.8 Å². The molecule has 0 aliphatic heterocycles. The average Bonchev–Trinajstić information content (AvgIpc) is 2.65. The van der Waals surface area contributed by atoms with Gasteiger partial charge >= 0.3 is 0 Å². The van der Waals surface area contributed by atoms with E-state index in [-0.39, 0.29) is 0 Å². The number of allylic oxidation sites excluding steroid dienone is 2. The van der Waals surface area contributed by atoms with Crippen LogP contribution in [0.25, 0.3) is 0 Å². The summed E-state index contributed by atoms with van der Waals surface area (Å²) in [5, 5.41) is 17.8. The molecular weight excluding hydrogens is 178 g/mol. The highest BCUT2D eigenvalue weighted by molar-refractivity contribution is 5.02. The second-order valence-corrected chi connectivity index (χ2v) is 3.81. The molecule has 2 rings (SSSR count). The van der Waals surface area contributed by atoms with E-state index in [4.69, 9.17) is 0 Å². The topological polar surface area (TPSA) is 50.9 Å². The van der Waals surface area contributed by atoms with Crippen LogP contribution in [-0.2, 0) is 7.05 Å². The van der Waals surface area contributed by atoms with Gasteiger partial charge in [0, 0.05) is 7.05 Å².